The third-order valence-electron chi connectivity index (χ3n) is 0.711. The monoisotopic (exact) mass is 436 g/mol. The molecule has 0 saturated heterocycles. The van der Waals surface area contributed by atoms with Crippen molar-refractivity contribution in [3.05, 3.63) is 24.3 Å². The number of carboxylic acids is 4. The maximum absolute atomic E-state index is 9.41. The van der Waals surface area contributed by atoms with Crippen LogP contribution in [0.5, 0.6) is 0 Å². The van der Waals surface area contributed by atoms with E-state index >= 15 is 0 Å². The molecule has 17 heavy (non-hydrogen) atoms. The van der Waals surface area contributed by atoms with E-state index in [1.807, 2.05) is 0 Å². The number of rotatable bonds is 4. The molecule has 0 rings (SSSR count). The molecule has 0 aromatic heterocycles. The Morgan fingerprint density at radius 1 is 0.529 bits per heavy atom. The molecule has 0 amide bonds. The fraction of sp³-hybridized carbons (Fsp3) is 0. The van der Waals surface area contributed by atoms with Gasteiger partial charge in [0.2, 0.25) is 0 Å². The largest absolute Gasteiger partial charge is 4.00 e. The molecule has 0 aliphatic carbocycles. The summed E-state index contributed by atoms with van der Waals surface area (Å²) in [5.41, 5.74) is 0. The maximum Gasteiger partial charge on any atom is 4.00 e. The molecular weight excluding hydrogens is 431 g/mol. The van der Waals surface area contributed by atoms with E-state index < -0.39 is 23.9 Å². The summed E-state index contributed by atoms with van der Waals surface area (Å²) in [6.07, 6.45) is 1.54. The summed E-state index contributed by atoms with van der Waals surface area (Å²) in [4.78, 5) is 37.7. The molecule has 0 unspecified atom stereocenters. The van der Waals surface area contributed by atoms with Crippen molar-refractivity contribution in [1.29, 1.82) is 0 Å². The van der Waals surface area contributed by atoms with Gasteiger partial charge in [-0.1, -0.05) is 0 Å². The second kappa shape index (κ2) is 12.4. The third kappa shape index (κ3) is 31.4. The van der Waals surface area contributed by atoms with Crippen LogP contribution in [0.1, 0.15) is 0 Å². The molecule has 0 aliphatic heterocycles. The van der Waals surface area contributed by atoms with E-state index in [-0.39, 0.29) is 27.3 Å². The van der Waals surface area contributed by atoms with Crippen molar-refractivity contribution in [2.45, 2.75) is 0 Å². The van der Waals surface area contributed by atoms with Crippen LogP contribution in [-0.2, 0) is 19.2 Å². The van der Waals surface area contributed by atoms with Crippen molar-refractivity contribution < 1.29 is 39.6 Å². The normalized spacial score (nSPS) is 8.94. The van der Waals surface area contributed by atoms with E-state index in [9.17, 15) is 39.6 Å². The fourth-order valence-corrected chi connectivity index (χ4v) is 0.272. The summed E-state index contributed by atoms with van der Waals surface area (Å²) in [5.74, 6) is -6.19. The average molecular weight is 435 g/mol. The van der Waals surface area contributed by atoms with E-state index in [4.69, 9.17) is 0 Å². The molecule has 0 aliphatic rings. The van der Waals surface area contributed by atoms with Crippen LogP contribution in [0, 0.1) is 0 Å². The quantitative estimate of drug-likeness (QED) is 0.311. The Balaban J connectivity index is -0.000000218. The Morgan fingerprint density at radius 2 is 0.647 bits per heavy atom. The summed E-state index contributed by atoms with van der Waals surface area (Å²) in [5, 5.41) is 37.7. The Bertz CT molecular complexity index is 277. The third-order valence-corrected chi connectivity index (χ3v) is 0.711. The van der Waals surface area contributed by atoms with Gasteiger partial charge in [0.1, 0.15) is 0 Å². The Labute approximate surface area is 115 Å². The number of carbonyl (C=O) groups is 4. The Kier molecular flexibility index (Phi) is 15.0. The number of hydrogen-bond donors (Lipinski definition) is 0. The summed E-state index contributed by atoms with van der Waals surface area (Å²) >= 11 is 0. The van der Waals surface area contributed by atoms with E-state index in [0.29, 0.717) is 24.3 Å². The van der Waals surface area contributed by atoms with Crippen LogP contribution < -0.4 is 20.4 Å². The standard InChI is InChI=1S/2C4H4O4.Pb/c2*5-3(6)1-2-4(7)8;/h2*1-2H,(H,5,6)(H,7,8);/q;;+4/p-4/b2*2-1-;. The van der Waals surface area contributed by atoms with Crippen LogP contribution >= 0.6 is 0 Å². The topological polar surface area (TPSA) is 161 Å². The molecule has 88 valence electrons. The van der Waals surface area contributed by atoms with E-state index in [1.165, 1.54) is 0 Å². The Morgan fingerprint density at radius 3 is 0.706 bits per heavy atom. The molecule has 9 heteroatoms. The molecule has 0 bridgehead atoms. The molecule has 0 atom stereocenters. The van der Waals surface area contributed by atoms with Crippen molar-refractivity contribution in [2.24, 2.45) is 0 Å². The second-order valence-electron chi connectivity index (χ2n) is 1.94. The first-order valence-corrected chi connectivity index (χ1v) is 3.45. The molecule has 0 N–H and O–H groups in total. The molecule has 0 saturated carbocycles. The minimum Gasteiger partial charge on any atom is -0.545 e. The van der Waals surface area contributed by atoms with E-state index in [2.05, 4.69) is 0 Å². The summed E-state index contributed by atoms with van der Waals surface area (Å²) in [6.45, 7) is 0. The molecule has 0 aromatic rings. The van der Waals surface area contributed by atoms with Crippen molar-refractivity contribution >= 4 is 51.2 Å². The van der Waals surface area contributed by atoms with E-state index in [0.717, 1.165) is 0 Å². The Hall–Kier alpha value is -1.72. The van der Waals surface area contributed by atoms with Crippen LogP contribution in [0.2, 0.25) is 0 Å². The first-order chi connectivity index (χ1) is 7.25. The van der Waals surface area contributed by atoms with Gasteiger partial charge in [-0.15, -0.1) is 0 Å². The van der Waals surface area contributed by atoms with Crippen molar-refractivity contribution in [3.63, 3.8) is 0 Å². The predicted octanol–water partition coefficient (Wildman–Crippen LogP) is -6.30. The molecule has 0 spiro atoms. The molecule has 0 heterocycles. The smallest absolute Gasteiger partial charge is 0.545 e. The first kappa shape index (κ1) is 20.7. The van der Waals surface area contributed by atoms with Gasteiger partial charge in [-0.25, -0.2) is 0 Å². The minimum atomic E-state index is -1.55. The number of hydrogen-bond acceptors (Lipinski definition) is 8. The van der Waals surface area contributed by atoms with Crippen LogP contribution in [0.25, 0.3) is 0 Å². The summed E-state index contributed by atoms with van der Waals surface area (Å²) < 4.78 is 0. The first-order valence-electron chi connectivity index (χ1n) is 3.45. The van der Waals surface area contributed by atoms with Gasteiger partial charge in [-0.2, -0.15) is 0 Å². The zero-order valence-electron chi connectivity index (χ0n) is 8.08. The fourth-order valence-electron chi connectivity index (χ4n) is 0.272. The number of aliphatic carboxylic acids is 4. The minimum absolute atomic E-state index is 0. The summed E-state index contributed by atoms with van der Waals surface area (Å²) in [6, 6.07) is 0. The van der Waals surface area contributed by atoms with Crippen LogP contribution in [0.3, 0.4) is 0 Å². The summed E-state index contributed by atoms with van der Waals surface area (Å²) in [7, 11) is 0. The van der Waals surface area contributed by atoms with Crippen LogP contribution in [0.15, 0.2) is 24.3 Å². The van der Waals surface area contributed by atoms with Crippen LogP contribution in [0.4, 0.5) is 0 Å². The van der Waals surface area contributed by atoms with Gasteiger partial charge in [0.25, 0.3) is 0 Å². The van der Waals surface area contributed by atoms with Crippen molar-refractivity contribution in [1.82, 2.24) is 0 Å². The molecule has 0 fully saturated rings. The molecular formula is C8H4O8Pb. The van der Waals surface area contributed by atoms with Crippen LogP contribution in [-0.4, -0.2) is 51.2 Å². The molecule has 0 aromatic carbocycles. The van der Waals surface area contributed by atoms with Gasteiger partial charge in [-0.3, -0.25) is 0 Å². The predicted molar refractivity (Wildman–Crippen MR) is 44.1 cm³/mol. The molecule has 0 radical (unpaired) electrons. The van der Waals surface area contributed by atoms with Gasteiger partial charge in [0.15, 0.2) is 0 Å². The zero-order chi connectivity index (χ0) is 13.1. The zero-order valence-corrected chi connectivity index (χ0v) is 12.0. The van der Waals surface area contributed by atoms with Gasteiger partial charge < -0.3 is 39.6 Å². The number of carboxylic acid groups (broad SMARTS) is 4. The SMILES string of the molecule is O=C([O-])/C=C\C(=O)[O-].O=C([O-])/C=C\C(=O)[O-].[Pb+4]. The van der Waals surface area contributed by atoms with E-state index in [1.54, 1.807) is 0 Å². The second-order valence-corrected chi connectivity index (χ2v) is 1.94. The number of carbonyl (C=O) groups excluding carboxylic acids is 4. The maximum atomic E-state index is 9.41. The van der Waals surface area contributed by atoms with Gasteiger partial charge in [-0.05, 0) is 24.3 Å². The van der Waals surface area contributed by atoms with Gasteiger partial charge in [0, 0.05) is 0 Å². The van der Waals surface area contributed by atoms with Crippen molar-refractivity contribution in [3.8, 4) is 0 Å². The van der Waals surface area contributed by atoms with Gasteiger partial charge >= 0.3 is 27.3 Å². The average Bonchev–Trinajstić information content (AvgIpc) is 2.12. The molecule has 8 nitrogen and oxygen atoms in total. The van der Waals surface area contributed by atoms with Gasteiger partial charge in [0.05, 0.1) is 23.9 Å². The van der Waals surface area contributed by atoms with Crippen molar-refractivity contribution in [2.75, 3.05) is 0 Å².